The third-order valence-electron chi connectivity index (χ3n) is 5.62. The van der Waals surface area contributed by atoms with Gasteiger partial charge in [-0.25, -0.2) is 4.98 Å². The van der Waals surface area contributed by atoms with Crippen molar-refractivity contribution >= 4 is 32.6 Å². The van der Waals surface area contributed by atoms with Crippen LogP contribution in [0.25, 0.3) is 10.2 Å². The summed E-state index contributed by atoms with van der Waals surface area (Å²) in [7, 11) is 0. The summed E-state index contributed by atoms with van der Waals surface area (Å²) >= 11 is 1.56. The number of thiazole rings is 1. The fraction of sp³-hybridized carbons (Fsp3) is 0.231. The summed E-state index contributed by atoms with van der Waals surface area (Å²) in [5.41, 5.74) is 4.05. The van der Waals surface area contributed by atoms with E-state index in [4.69, 9.17) is 9.72 Å². The molecule has 1 unspecified atom stereocenters. The number of hydrogen-bond donors (Lipinski definition) is 0. The van der Waals surface area contributed by atoms with Crippen LogP contribution in [0.4, 0.5) is 5.13 Å². The fourth-order valence-corrected chi connectivity index (χ4v) is 4.94. The van der Waals surface area contributed by atoms with Crippen molar-refractivity contribution in [2.75, 3.05) is 18.1 Å². The minimum atomic E-state index is -0.0270. The van der Waals surface area contributed by atoms with Crippen molar-refractivity contribution < 1.29 is 9.53 Å². The largest absolute Gasteiger partial charge is 0.376 e. The maximum absolute atomic E-state index is 13.5. The van der Waals surface area contributed by atoms with E-state index in [0.717, 1.165) is 41.2 Å². The Morgan fingerprint density at radius 2 is 1.71 bits per heavy atom. The highest BCUT2D eigenvalue weighted by Crippen LogP contribution is 2.31. The van der Waals surface area contributed by atoms with E-state index in [1.165, 1.54) is 11.1 Å². The molecule has 1 saturated heterocycles. The van der Waals surface area contributed by atoms with Crippen LogP contribution in [0.2, 0.25) is 0 Å². The molecule has 0 bridgehead atoms. The maximum Gasteiger partial charge on any atom is 0.260 e. The quantitative estimate of drug-likeness (QED) is 0.395. The molecule has 5 rings (SSSR count). The molecular formula is C26H24N2O2S. The van der Waals surface area contributed by atoms with Crippen molar-refractivity contribution in [2.24, 2.45) is 0 Å². The van der Waals surface area contributed by atoms with Crippen molar-refractivity contribution in [1.29, 1.82) is 0 Å². The summed E-state index contributed by atoms with van der Waals surface area (Å²) in [5, 5.41) is 0.732. The smallest absolute Gasteiger partial charge is 0.260 e. The molecule has 0 N–H and O–H groups in total. The third-order valence-corrected chi connectivity index (χ3v) is 6.68. The first-order valence-corrected chi connectivity index (χ1v) is 11.5. The van der Waals surface area contributed by atoms with Crippen LogP contribution in [-0.4, -0.2) is 30.1 Å². The number of hydrogen-bond acceptors (Lipinski definition) is 4. The lowest BCUT2D eigenvalue weighted by atomic mass is 10.0. The number of aromatic nitrogens is 1. The first-order valence-electron chi connectivity index (χ1n) is 10.7. The third kappa shape index (κ3) is 4.53. The SMILES string of the molecule is O=C(c1ccc(Cc2ccccc2)cc1)N(CC1CCCO1)c1nc2ccccc2s1. The highest BCUT2D eigenvalue weighted by atomic mass is 32.1. The number of anilines is 1. The zero-order valence-electron chi connectivity index (χ0n) is 17.2. The summed E-state index contributed by atoms with van der Waals surface area (Å²) in [6.45, 7) is 1.30. The first kappa shape index (κ1) is 19.9. The van der Waals surface area contributed by atoms with Gasteiger partial charge >= 0.3 is 0 Å². The van der Waals surface area contributed by atoms with Gasteiger partial charge in [-0.15, -0.1) is 0 Å². The van der Waals surface area contributed by atoms with E-state index in [1.54, 1.807) is 16.2 Å². The minimum absolute atomic E-state index is 0.0270. The Balaban J connectivity index is 1.40. The van der Waals surface area contributed by atoms with Gasteiger partial charge < -0.3 is 4.74 Å². The van der Waals surface area contributed by atoms with E-state index in [-0.39, 0.29) is 12.0 Å². The standard InChI is InChI=1S/C26H24N2O2S/c29-25(21-14-12-20(13-15-21)17-19-7-2-1-3-8-19)28(18-22-9-6-16-30-22)26-27-23-10-4-5-11-24(23)31-26/h1-5,7-8,10-15,22H,6,9,16-18H2. The second-order valence-electron chi connectivity index (χ2n) is 7.87. The predicted molar refractivity (Wildman–Crippen MR) is 126 cm³/mol. The summed E-state index contributed by atoms with van der Waals surface area (Å²) in [4.78, 5) is 20.1. The molecule has 2 heterocycles. The van der Waals surface area contributed by atoms with Crippen molar-refractivity contribution in [3.63, 3.8) is 0 Å². The normalized spacial score (nSPS) is 15.9. The molecule has 1 aromatic heterocycles. The fourth-order valence-electron chi connectivity index (χ4n) is 3.97. The molecule has 0 saturated carbocycles. The van der Waals surface area contributed by atoms with Gasteiger partial charge in [0, 0.05) is 12.2 Å². The Morgan fingerprint density at radius 3 is 2.45 bits per heavy atom. The van der Waals surface area contributed by atoms with E-state index in [2.05, 4.69) is 12.1 Å². The van der Waals surface area contributed by atoms with E-state index in [9.17, 15) is 4.79 Å². The number of carbonyl (C=O) groups excluding carboxylic acids is 1. The summed E-state index contributed by atoms with van der Waals surface area (Å²) in [5.74, 6) is -0.0270. The second-order valence-corrected chi connectivity index (χ2v) is 8.88. The van der Waals surface area contributed by atoms with Gasteiger partial charge in [0.05, 0.1) is 22.9 Å². The molecule has 1 amide bonds. The Labute approximate surface area is 186 Å². The number of rotatable bonds is 6. The number of amides is 1. The van der Waals surface area contributed by atoms with Crippen molar-refractivity contribution in [3.05, 3.63) is 95.6 Å². The van der Waals surface area contributed by atoms with E-state index < -0.39 is 0 Å². The zero-order valence-corrected chi connectivity index (χ0v) is 18.1. The summed E-state index contributed by atoms with van der Waals surface area (Å²) < 4.78 is 6.92. The maximum atomic E-state index is 13.5. The molecular weight excluding hydrogens is 404 g/mol. The Morgan fingerprint density at radius 1 is 0.968 bits per heavy atom. The molecule has 4 nitrogen and oxygen atoms in total. The average molecular weight is 429 g/mol. The van der Waals surface area contributed by atoms with Crippen molar-refractivity contribution in [3.8, 4) is 0 Å². The van der Waals surface area contributed by atoms with Gasteiger partial charge in [-0.3, -0.25) is 9.69 Å². The van der Waals surface area contributed by atoms with Gasteiger partial charge in [-0.05, 0) is 54.7 Å². The Kier molecular flexibility index (Phi) is 5.78. The van der Waals surface area contributed by atoms with Crippen LogP contribution in [0.5, 0.6) is 0 Å². The van der Waals surface area contributed by atoms with Crippen LogP contribution in [0, 0.1) is 0 Å². The average Bonchev–Trinajstić information content (AvgIpc) is 3.48. The van der Waals surface area contributed by atoms with Crippen LogP contribution in [0.3, 0.4) is 0 Å². The van der Waals surface area contributed by atoms with Gasteiger partial charge in [-0.1, -0.05) is 65.9 Å². The summed E-state index contributed by atoms with van der Waals surface area (Å²) in [6, 6.07) is 26.3. The molecule has 3 aromatic carbocycles. The topological polar surface area (TPSA) is 42.4 Å². The Bertz CT molecular complexity index is 1130. The molecule has 1 fully saturated rings. The lowest BCUT2D eigenvalue weighted by Gasteiger charge is -2.23. The minimum Gasteiger partial charge on any atom is -0.376 e. The number of para-hydroxylation sites is 1. The zero-order chi connectivity index (χ0) is 21.0. The van der Waals surface area contributed by atoms with Crippen molar-refractivity contribution in [2.45, 2.75) is 25.4 Å². The van der Waals surface area contributed by atoms with Crippen LogP contribution in [0.15, 0.2) is 78.9 Å². The lowest BCUT2D eigenvalue weighted by molar-refractivity contribution is 0.0917. The molecule has 1 aliphatic heterocycles. The number of carbonyl (C=O) groups is 1. The predicted octanol–water partition coefficient (Wildman–Crippen LogP) is 5.71. The monoisotopic (exact) mass is 428 g/mol. The second kappa shape index (κ2) is 9.00. The number of nitrogens with zero attached hydrogens (tertiary/aromatic N) is 2. The molecule has 1 aliphatic rings. The van der Waals surface area contributed by atoms with E-state index >= 15 is 0 Å². The van der Waals surface area contributed by atoms with Gasteiger partial charge in [0.15, 0.2) is 5.13 Å². The number of ether oxygens (including phenoxy) is 1. The van der Waals surface area contributed by atoms with Crippen LogP contribution in [-0.2, 0) is 11.2 Å². The highest BCUT2D eigenvalue weighted by molar-refractivity contribution is 7.22. The van der Waals surface area contributed by atoms with Gasteiger partial charge in [0.25, 0.3) is 5.91 Å². The van der Waals surface area contributed by atoms with E-state index in [1.807, 2.05) is 66.7 Å². The molecule has 31 heavy (non-hydrogen) atoms. The molecule has 5 heteroatoms. The van der Waals surface area contributed by atoms with E-state index in [0.29, 0.717) is 12.1 Å². The molecule has 0 spiro atoms. The van der Waals surface area contributed by atoms with Crippen LogP contribution >= 0.6 is 11.3 Å². The van der Waals surface area contributed by atoms with Gasteiger partial charge in [0.1, 0.15) is 0 Å². The van der Waals surface area contributed by atoms with Crippen LogP contribution < -0.4 is 4.90 Å². The lowest BCUT2D eigenvalue weighted by Crippen LogP contribution is -2.37. The molecule has 0 aliphatic carbocycles. The molecule has 156 valence electrons. The molecule has 0 radical (unpaired) electrons. The molecule has 4 aromatic rings. The molecule has 1 atom stereocenters. The Hall–Kier alpha value is -3.02. The number of fused-ring (bicyclic) bond motifs is 1. The van der Waals surface area contributed by atoms with Gasteiger partial charge in [0.2, 0.25) is 0 Å². The number of benzene rings is 3. The van der Waals surface area contributed by atoms with Gasteiger partial charge in [-0.2, -0.15) is 0 Å². The van der Waals surface area contributed by atoms with Crippen LogP contribution in [0.1, 0.15) is 34.3 Å². The summed E-state index contributed by atoms with van der Waals surface area (Å²) in [6.07, 6.45) is 2.94. The highest BCUT2D eigenvalue weighted by Gasteiger charge is 2.27. The van der Waals surface area contributed by atoms with Crippen molar-refractivity contribution in [1.82, 2.24) is 4.98 Å². The first-order chi connectivity index (χ1) is 15.3.